The van der Waals surface area contributed by atoms with Crippen molar-refractivity contribution in [2.24, 2.45) is 0 Å². The highest BCUT2D eigenvalue weighted by atomic mass is 32.2. The number of ketones is 1. The molecule has 22 heavy (non-hydrogen) atoms. The molecule has 1 atom stereocenters. The lowest BCUT2D eigenvalue weighted by Gasteiger charge is -2.17. The monoisotopic (exact) mass is 333 g/mol. The SMILES string of the molecule is O=C1CCCCC1Sc1nnc(NCCc2ccccc2)s1. The molecule has 116 valence electrons. The van der Waals surface area contributed by atoms with Gasteiger partial charge in [-0.05, 0) is 24.8 Å². The van der Waals surface area contributed by atoms with Crippen LogP contribution in [-0.2, 0) is 11.2 Å². The average Bonchev–Trinajstić information content (AvgIpc) is 2.98. The van der Waals surface area contributed by atoms with Crippen LogP contribution >= 0.6 is 23.1 Å². The van der Waals surface area contributed by atoms with Crippen molar-refractivity contribution in [3.05, 3.63) is 35.9 Å². The quantitative estimate of drug-likeness (QED) is 0.871. The number of hydrogen-bond acceptors (Lipinski definition) is 6. The molecule has 6 heteroatoms. The minimum Gasteiger partial charge on any atom is -0.360 e. The minimum absolute atomic E-state index is 0.0823. The van der Waals surface area contributed by atoms with Crippen LogP contribution in [0.2, 0.25) is 0 Å². The second-order valence-corrected chi connectivity index (χ2v) is 7.78. The first-order chi connectivity index (χ1) is 10.8. The van der Waals surface area contributed by atoms with Gasteiger partial charge in [0, 0.05) is 13.0 Å². The Labute approximate surface area is 138 Å². The number of carbonyl (C=O) groups is 1. The molecule has 4 nitrogen and oxygen atoms in total. The zero-order valence-corrected chi connectivity index (χ0v) is 14.0. The number of anilines is 1. The fourth-order valence-corrected chi connectivity index (χ4v) is 4.63. The smallest absolute Gasteiger partial charge is 0.206 e. The van der Waals surface area contributed by atoms with E-state index in [1.54, 1.807) is 23.1 Å². The Balaban J connectivity index is 1.47. The molecule has 1 aromatic carbocycles. The van der Waals surface area contributed by atoms with Crippen molar-refractivity contribution < 1.29 is 4.79 Å². The lowest BCUT2D eigenvalue weighted by Crippen LogP contribution is -2.21. The number of rotatable bonds is 6. The molecule has 0 radical (unpaired) electrons. The molecule has 2 aromatic rings. The fourth-order valence-electron chi connectivity index (χ4n) is 2.48. The molecule has 1 aliphatic carbocycles. The van der Waals surface area contributed by atoms with E-state index in [2.05, 4.69) is 39.8 Å². The Hall–Kier alpha value is -1.40. The molecule has 0 saturated heterocycles. The molecule has 1 heterocycles. The van der Waals surface area contributed by atoms with E-state index in [0.717, 1.165) is 48.1 Å². The first-order valence-electron chi connectivity index (χ1n) is 7.62. The van der Waals surface area contributed by atoms with Gasteiger partial charge in [0.25, 0.3) is 0 Å². The normalized spacial score (nSPS) is 18.4. The molecular weight excluding hydrogens is 314 g/mol. The van der Waals surface area contributed by atoms with E-state index in [9.17, 15) is 4.79 Å². The van der Waals surface area contributed by atoms with Gasteiger partial charge in [-0.3, -0.25) is 4.79 Å². The van der Waals surface area contributed by atoms with Crippen LogP contribution < -0.4 is 5.32 Å². The number of thioether (sulfide) groups is 1. The number of nitrogens with zero attached hydrogens (tertiary/aromatic N) is 2. The van der Waals surface area contributed by atoms with Crippen LogP contribution in [0, 0.1) is 0 Å². The molecule has 1 aliphatic rings. The van der Waals surface area contributed by atoms with E-state index >= 15 is 0 Å². The van der Waals surface area contributed by atoms with Crippen LogP contribution in [-0.4, -0.2) is 27.8 Å². The number of nitrogens with one attached hydrogen (secondary N) is 1. The van der Waals surface area contributed by atoms with Crippen molar-refractivity contribution in [3.8, 4) is 0 Å². The molecule has 0 aliphatic heterocycles. The predicted octanol–water partition coefficient (Wildman–Crippen LogP) is 3.80. The topological polar surface area (TPSA) is 54.9 Å². The van der Waals surface area contributed by atoms with Gasteiger partial charge in [0.05, 0.1) is 5.25 Å². The Bertz CT molecular complexity index is 615. The summed E-state index contributed by atoms with van der Waals surface area (Å²) in [6, 6.07) is 10.4. The van der Waals surface area contributed by atoms with Gasteiger partial charge in [-0.2, -0.15) is 0 Å². The molecule has 1 fully saturated rings. The van der Waals surface area contributed by atoms with Gasteiger partial charge in [0.1, 0.15) is 5.78 Å². The molecule has 0 bridgehead atoms. The zero-order valence-electron chi connectivity index (χ0n) is 12.3. The van der Waals surface area contributed by atoms with Crippen molar-refractivity contribution in [2.45, 2.75) is 41.7 Å². The molecule has 1 N–H and O–H groups in total. The van der Waals surface area contributed by atoms with Gasteiger partial charge < -0.3 is 5.32 Å². The van der Waals surface area contributed by atoms with E-state index in [1.807, 2.05) is 6.07 Å². The van der Waals surface area contributed by atoms with Crippen LogP contribution in [0.3, 0.4) is 0 Å². The lowest BCUT2D eigenvalue weighted by atomic mass is 9.99. The number of Topliss-reactive ketones (excluding diaryl/α,β-unsaturated/α-hetero) is 1. The predicted molar refractivity (Wildman–Crippen MR) is 91.7 cm³/mol. The van der Waals surface area contributed by atoms with E-state index in [4.69, 9.17) is 0 Å². The lowest BCUT2D eigenvalue weighted by molar-refractivity contribution is -0.119. The largest absolute Gasteiger partial charge is 0.360 e. The molecule has 1 aromatic heterocycles. The van der Waals surface area contributed by atoms with Crippen LogP contribution in [0.15, 0.2) is 34.7 Å². The van der Waals surface area contributed by atoms with Gasteiger partial charge in [0.15, 0.2) is 4.34 Å². The second-order valence-electron chi connectivity index (χ2n) is 5.35. The Kier molecular flexibility index (Phi) is 5.45. The van der Waals surface area contributed by atoms with Crippen molar-refractivity contribution in [2.75, 3.05) is 11.9 Å². The van der Waals surface area contributed by atoms with Gasteiger partial charge in [-0.25, -0.2) is 0 Å². The van der Waals surface area contributed by atoms with Crippen molar-refractivity contribution >= 4 is 34.0 Å². The summed E-state index contributed by atoms with van der Waals surface area (Å²) in [5.41, 5.74) is 1.31. The van der Waals surface area contributed by atoms with Gasteiger partial charge in [-0.1, -0.05) is 59.9 Å². The van der Waals surface area contributed by atoms with E-state index in [1.165, 1.54) is 5.56 Å². The maximum atomic E-state index is 11.9. The summed E-state index contributed by atoms with van der Waals surface area (Å²) in [5.74, 6) is 0.366. The van der Waals surface area contributed by atoms with Crippen molar-refractivity contribution in [1.29, 1.82) is 0 Å². The summed E-state index contributed by atoms with van der Waals surface area (Å²) in [6.45, 7) is 0.839. The summed E-state index contributed by atoms with van der Waals surface area (Å²) in [7, 11) is 0. The molecular formula is C16H19N3OS2. The first-order valence-corrected chi connectivity index (χ1v) is 9.31. The summed E-state index contributed by atoms with van der Waals surface area (Å²) < 4.78 is 0.891. The summed E-state index contributed by atoms with van der Waals surface area (Å²) in [5, 5.41) is 12.6. The van der Waals surface area contributed by atoms with E-state index in [0.29, 0.717) is 5.78 Å². The van der Waals surface area contributed by atoms with Gasteiger partial charge >= 0.3 is 0 Å². The molecule has 0 amide bonds. The van der Waals surface area contributed by atoms with Crippen LogP contribution in [0.5, 0.6) is 0 Å². The van der Waals surface area contributed by atoms with Gasteiger partial charge in [0.2, 0.25) is 5.13 Å². The number of hydrogen-bond donors (Lipinski definition) is 1. The number of aromatic nitrogens is 2. The van der Waals surface area contributed by atoms with Crippen LogP contribution in [0.1, 0.15) is 31.2 Å². The Morgan fingerprint density at radius 1 is 1.23 bits per heavy atom. The highest BCUT2D eigenvalue weighted by molar-refractivity contribution is 8.02. The highest BCUT2D eigenvalue weighted by Gasteiger charge is 2.24. The fraction of sp³-hybridized carbons (Fsp3) is 0.438. The Morgan fingerprint density at radius 2 is 2.09 bits per heavy atom. The van der Waals surface area contributed by atoms with Crippen LogP contribution in [0.4, 0.5) is 5.13 Å². The van der Waals surface area contributed by atoms with Crippen molar-refractivity contribution in [1.82, 2.24) is 10.2 Å². The highest BCUT2D eigenvalue weighted by Crippen LogP contribution is 2.34. The molecule has 1 saturated carbocycles. The Morgan fingerprint density at radius 3 is 2.91 bits per heavy atom. The zero-order chi connectivity index (χ0) is 15.2. The van der Waals surface area contributed by atoms with E-state index in [-0.39, 0.29) is 5.25 Å². The molecule has 3 rings (SSSR count). The van der Waals surface area contributed by atoms with Crippen LogP contribution in [0.25, 0.3) is 0 Å². The minimum atomic E-state index is 0.0823. The second kappa shape index (κ2) is 7.74. The third-order valence-corrected chi connectivity index (χ3v) is 5.96. The van der Waals surface area contributed by atoms with E-state index < -0.39 is 0 Å². The van der Waals surface area contributed by atoms with Crippen molar-refractivity contribution in [3.63, 3.8) is 0 Å². The standard InChI is InChI=1S/C16H19N3OS2/c20-13-8-4-5-9-14(13)21-16-19-18-15(22-16)17-11-10-12-6-2-1-3-7-12/h1-3,6-7,14H,4-5,8-11H2,(H,17,18). The average molecular weight is 333 g/mol. The van der Waals surface area contributed by atoms with Gasteiger partial charge in [-0.15, -0.1) is 10.2 Å². The summed E-state index contributed by atoms with van der Waals surface area (Å²) in [4.78, 5) is 11.9. The maximum Gasteiger partial charge on any atom is 0.206 e. The number of benzene rings is 1. The summed E-state index contributed by atoms with van der Waals surface area (Å²) in [6.07, 6.45) is 4.84. The number of carbonyl (C=O) groups excluding carboxylic acids is 1. The third-order valence-electron chi connectivity index (χ3n) is 3.68. The molecule has 0 spiro atoms. The maximum absolute atomic E-state index is 11.9. The molecule has 1 unspecified atom stereocenters. The third kappa shape index (κ3) is 4.30. The summed E-state index contributed by atoms with van der Waals surface area (Å²) >= 11 is 3.12. The first kappa shape index (κ1) is 15.5.